The SMILES string of the molecule is O=C(Nc1cn(-c2ccccc2)nc1-c1ccccc1)OCc1ccccc1Cl. The van der Waals surface area contributed by atoms with Gasteiger partial charge in [0, 0.05) is 16.1 Å². The fourth-order valence-corrected chi connectivity index (χ4v) is 3.08. The number of carbonyl (C=O) groups is 1. The zero-order valence-corrected chi connectivity index (χ0v) is 16.2. The Morgan fingerprint density at radius 3 is 2.31 bits per heavy atom. The molecule has 0 saturated heterocycles. The summed E-state index contributed by atoms with van der Waals surface area (Å²) < 4.78 is 7.08. The van der Waals surface area contributed by atoms with Gasteiger partial charge in [0.15, 0.2) is 0 Å². The zero-order valence-electron chi connectivity index (χ0n) is 15.5. The van der Waals surface area contributed by atoms with Gasteiger partial charge in [-0.3, -0.25) is 5.32 Å². The maximum absolute atomic E-state index is 12.4. The van der Waals surface area contributed by atoms with E-state index in [2.05, 4.69) is 10.4 Å². The number of rotatable bonds is 5. The summed E-state index contributed by atoms with van der Waals surface area (Å²) in [5, 5.41) is 8.02. The average molecular weight is 404 g/mol. The molecule has 6 heteroatoms. The van der Waals surface area contributed by atoms with Crippen LogP contribution < -0.4 is 5.32 Å². The van der Waals surface area contributed by atoms with Crippen molar-refractivity contribution in [1.29, 1.82) is 0 Å². The van der Waals surface area contributed by atoms with E-state index in [1.807, 2.05) is 78.9 Å². The lowest BCUT2D eigenvalue weighted by Gasteiger charge is -2.08. The summed E-state index contributed by atoms with van der Waals surface area (Å²) in [5.74, 6) is 0. The molecule has 5 nitrogen and oxygen atoms in total. The van der Waals surface area contributed by atoms with Crippen LogP contribution in [-0.2, 0) is 11.3 Å². The van der Waals surface area contributed by atoms with Gasteiger partial charge in [-0.15, -0.1) is 0 Å². The quantitative estimate of drug-likeness (QED) is 0.448. The first-order chi connectivity index (χ1) is 14.2. The number of para-hydroxylation sites is 1. The number of ether oxygens (including phenoxy) is 1. The second-order valence-corrected chi connectivity index (χ2v) is 6.74. The van der Waals surface area contributed by atoms with E-state index in [1.54, 1.807) is 16.9 Å². The summed E-state index contributed by atoms with van der Waals surface area (Å²) in [4.78, 5) is 12.4. The van der Waals surface area contributed by atoms with Gasteiger partial charge in [0.1, 0.15) is 12.3 Å². The summed E-state index contributed by atoms with van der Waals surface area (Å²) in [6.07, 6.45) is 1.20. The Balaban J connectivity index is 1.57. The van der Waals surface area contributed by atoms with Crippen LogP contribution in [0.3, 0.4) is 0 Å². The molecule has 3 aromatic carbocycles. The van der Waals surface area contributed by atoms with Gasteiger partial charge in [-0.05, 0) is 18.2 Å². The fraction of sp³-hybridized carbons (Fsp3) is 0.0435. The van der Waals surface area contributed by atoms with E-state index in [-0.39, 0.29) is 6.61 Å². The summed E-state index contributed by atoms with van der Waals surface area (Å²) in [7, 11) is 0. The predicted molar refractivity (Wildman–Crippen MR) is 114 cm³/mol. The molecule has 29 heavy (non-hydrogen) atoms. The van der Waals surface area contributed by atoms with Crippen LogP contribution in [0.5, 0.6) is 0 Å². The van der Waals surface area contributed by atoms with Gasteiger partial charge in [0.2, 0.25) is 0 Å². The highest BCUT2D eigenvalue weighted by molar-refractivity contribution is 6.31. The zero-order chi connectivity index (χ0) is 20.1. The fourth-order valence-electron chi connectivity index (χ4n) is 2.89. The predicted octanol–water partition coefficient (Wildman–Crippen LogP) is 5.94. The highest BCUT2D eigenvalue weighted by Gasteiger charge is 2.15. The van der Waals surface area contributed by atoms with E-state index in [9.17, 15) is 4.79 Å². The summed E-state index contributed by atoms with van der Waals surface area (Å²) >= 11 is 6.12. The van der Waals surface area contributed by atoms with Crippen molar-refractivity contribution in [2.45, 2.75) is 6.61 Å². The van der Waals surface area contributed by atoms with E-state index in [1.165, 1.54) is 0 Å². The van der Waals surface area contributed by atoms with Crippen LogP contribution in [0.4, 0.5) is 10.5 Å². The minimum Gasteiger partial charge on any atom is -0.444 e. The molecule has 1 heterocycles. The minimum absolute atomic E-state index is 0.0823. The molecule has 0 aliphatic heterocycles. The van der Waals surface area contributed by atoms with E-state index in [0.29, 0.717) is 16.4 Å². The molecule has 0 spiro atoms. The van der Waals surface area contributed by atoms with E-state index < -0.39 is 6.09 Å². The summed E-state index contributed by atoms with van der Waals surface area (Å²) in [6.45, 7) is 0.0823. The molecule has 0 radical (unpaired) electrons. The molecule has 0 fully saturated rings. The molecule has 1 aromatic heterocycles. The first-order valence-electron chi connectivity index (χ1n) is 9.08. The molecule has 4 aromatic rings. The number of carbonyl (C=O) groups excluding carboxylic acids is 1. The Kier molecular flexibility index (Phi) is 5.59. The highest BCUT2D eigenvalue weighted by atomic mass is 35.5. The smallest absolute Gasteiger partial charge is 0.412 e. The molecule has 0 bridgehead atoms. The number of anilines is 1. The van der Waals surface area contributed by atoms with Crippen LogP contribution in [0.25, 0.3) is 16.9 Å². The van der Waals surface area contributed by atoms with Crippen molar-refractivity contribution in [3.05, 3.63) is 102 Å². The van der Waals surface area contributed by atoms with Gasteiger partial charge in [0.05, 0.1) is 17.6 Å². The average Bonchev–Trinajstić information content (AvgIpc) is 3.18. The standard InChI is InChI=1S/C23H18ClN3O2/c24-20-14-8-7-11-18(20)16-29-23(28)25-21-15-27(19-12-5-2-6-13-19)26-22(21)17-9-3-1-4-10-17/h1-15H,16H2,(H,25,28). The second kappa shape index (κ2) is 8.63. The van der Waals surface area contributed by atoms with Gasteiger partial charge >= 0.3 is 6.09 Å². The molecule has 144 valence electrons. The molecule has 1 amide bonds. The van der Waals surface area contributed by atoms with Crippen molar-refractivity contribution < 1.29 is 9.53 Å². The Morgan fingerprint density at radius 1 is 0.931 bits per heavy atom. The molecule has 0 aliphatic rings. The molecule has 0 aliphatic carbocycles. The van der Waals surface area contributed by atoms with Crippen LogP contribution >= 0.6 is 11.6 Å². The number of nitrogens with zero attached hydrogens (tertiary/aromatic N) is 2. The number of hydrogen-bond acceptors (Lipinski definition) is 3. The molecular formula is C23H18ClN3O2. The third-order valence-electron chi connectivity index (χ3n) is 4.34. The Morgan fingerprint density at radius 2 is 1.59 bits per heavy atom. The number of hydrogen-bond donors (Lipinski definition) is 1. The van der Waals surface area contributed by atoms with Gasteiger partial charge in [0.25, 0.3) is 0 Å². The van der Waals surface area contributed by atoms with Crippen molar-refractivity contribution in [1.82, 2.24) is 9.78 Å². The van der Waals surface area contributed by atoms with Crippen LogP contribution in [0, 0.1) is 0 Å². The van der Waals surface area contributed by atoms with Gasteiger partial charge in [-0.1, -0.05) is 78.3 Å². The molecule has 0 saturated carbocycles. The van der Waals surface area contributed by atoms with Gasteiger partial charge in [-0.25, -0.2) is 9.48 Å². The lowest BCUT2D eigenvalue weighted by Crippen LogP contribution is -2.13. The van der Waals surface area contributed by atoms with Crippen LogP contribution in [0.2, 0.25) is 5.02 Å². The maximum Gasteiger partial charge on any atom is 0.412 e. The number of nitrogens with one attached hydrogen (secondary N) is 1. The van der Waals surface area contributed by atoms with Gasteiger partial charge < -0.3 is 4.74 Å². The number of benzene rings is 3. The molecular weight excluding hydrogens is 386 g/mol. The number of amides is 1. The monoisotopic (exact) mass is 403 g/mol. The Labute approximate surface area is 173 Å². The topological polar surface area (TPSA) is 56.2 Å². The third kappa shape index (κ3) is 4.47. The van der Waals surface area contributed by atoms with Crippen molar-refractivity contribution in [3.8, 4) is 16.9 Å². The van der Waals surface area contributed by atoms with Crippen LogP contribution in [0.15, 0.2) is 91.1 Å². The maximum atomic E-state index is 12.4. The van der Waals surface area contributed by atoms with E-state index in [0.717, 1.165) is 16.8 Å². The Hall–Kier alpha value is -3.57. The van der Waals surface area contributed by atoms with Gasteiger partial charge in [-0.2, -0.15) is 5.10 Å². The summed E-state index contributed by atoms with van der Waals surface area (Å²) in [5.41, 5.74) is 3.74. The second-order valence-electron chi connectivity index (χ2n) is 6.33. The molecule has 1 N–H and O–H groups in total. The van der Waals surface area contributed by atoms with Crippen LogP contribution in [0.1, 0.15) is 5.56 Å². The van der Waals surface area contributed by atoms with E-state index in [4.69, 9.17) is 16.3 Å². The molecule has 4 rings (SSSR count). The van der Waals surface area contributed by atoms with Crippen molar-refractivity contribution >= 4 is 23.4 Å². The normalized spacial score (nSPS) is 10.5. The lowest BCUT2D eigenvalue weighted by atomic mass is 10.1. The van der Waals surface area contributed by atoms with Crippen molar-refractivity contribution in [3.63, 3.8) is 0 Å². The minimum atomic E-state index is -0.574. The van der Waals surface area contributed by atoms with Crippen molar-refractivity contribution in [2.75, 3.05) is 5.32 Å². The largest absolute Gasteiger partial charge is 0.444 e. The number of aromatic nitrogens is 2. The molecule has 0 unspecified atom stereocenters. The lowest BCUT2D eigenvalue weighted by molar-refractivity contribution is 0.155. The Bertz CT molecular complexity index is 1110. The third-order valence-corrected chi connectivity index (χ3v) is 4.70. The first-order valence-corrected chi connectivity index (χ1v) is 9.46. The highest BCUT2D eigenvalue weighted by Crippen LogP contribution is 2.28. The van der Waals surface area contributed by atoms with Crippen molar-refractivity contribution in [2.24, 2.45) is 0 Å². The first kappa shape index (κ1) is 18.8. The number of halogens is 1. The van der Waals surface area contributed by atoms with Crippen LogP contribution in [-0.4, -0.2) is 15.9 Å². The van der Waals surface area contributed by atoms with E-state index >= 15 is 0 Å². The molecule has 0 atom stereocenters. The summed E-state index contributed by atoms with van der Waals surface area (Å²) in [6, 6.07) is 26.6.